The van der Waals surface area contributed by atoms with Crippen LogP contribution in [0.15, 0.2) is 83.9 Å². The summed E-state index contributed by atoms with van der Waals surface area (Å²) < 4.78 is 1.87. The third-order valence-corrected chi connectivity index (χ3v) is 5.76. The van der Waals surface area contributed by atoms with Gasteiger partial charge in [0, 0.05) is 25.8 Å². The number of carbonyl (C=O) groups is 3. The number of amides is 3. The largest absolute Gasteiger partial charge is 0.349 e. The second-order valence-electron chi connectivity index (χ2n) is 7.01. The summed E-state index contributed by atoms with van der Waals surface area (Å²) in [4.78, 5) is 39.0. The number of benzene rings is 2. The van der Waals surface area contributed by atoms with Gasteiger partial charge in [-0.1, -0.05) is 60.7 Å². The van der Waals surface area contributed by atoms with Gasteiger partial charge in [0.25, 0.3) is 17.1 Å². The Hall–Kier alpha value is -3.58. The van der Waals surface area contributed by atoms with Crippen LogP contribution in [0, 0.1) is 0 Å². The third kappa shape index (κ3) is 4.95. The average Bonchev–Trinajstić information content (AvgIpc) is 3.35. The van der Waals surface area contributed by atoms with Crippen molar-refractivity contribution in [2.45, 2.75) is 6.54 Å². The zero-order valence-corrected chi connectivity index (χ0v) is 17.5. The van der Waals surface area contributed by atoms with Crippen LogP contribution in [0.5, 0.6) is 0 Å². The molecule has 1 aromatic heterocycles. The molecule has 3 amide bonds. The summed E-state index contributed by atoms with van der Waals surface area (Å²) in [5, 5.41) is 2.48. The molecule has 0 saturated carbocycles. The highest BCUT2D eigenvalue weighted by Crippen LogP contribution is 2.31. The van der Waals surface area contributed by atoms with Gasteiger partial charge in [0.1, 0.15) is 5.69 Å². The lowest BCUT2D eigenvalue weighted by Gasteiger charge is -2.14. The lowest BCUT2D eigenvalue weighted by atomic mass is 10.2. The number of thioether (sulfide) groups is 1. The summed E-state index contributed by atoms with van der Waals surface area (Å²) in [5.74, 6) is -0.576. The Kier molecular flexibility index (Phi) is 6.33. The standard InChI is InChI=1S/C24H21N3O3S/c28-22(20-12-7-14-26(20)17-19-10-5-2-6-11-19)25-13-15-27-23(29)21(31-24(27)30)16-18-8-3-1-4-9-18/h1-12,14,16H,13,15,17H2,(H,25,28). The molecule has 4 rings (SSSR count). The van der Waals surface area contributed by atoms with Gasteiger partial charge in [0.05, 0.1) is 4.91 Å². The normalized spacial score (nSPS) is 15.0. The molecular weight excluding hydrogens is 410 g/mol. The van der Waals surface area contributed by atoms with Crippen molar-refractivity contribution in [2.24, 2.45) is 0 Å². The Morgan fingerprint density at radius 2 is 1.65 bits per heavy atom. The highest BCUT2D eigenvalue weighted by atomic mass is 32.2. The number of carbonyl (C=O) groups excluding carboxylic acids is 3. The van der Waals surface area contributed by atoms with Crippen molar-refractivity contribution in [1.82, 2.24) is 14.8 Å². The monoisotopic (exact) mass is 431 g/mol. The minimum absolute atomic E-state index is 0.127. The van der Waals surface area contributed by atoms with Crippen molar-refractivity contribution in [3.8, 4) is 0 Å². The number of hydrogen-bond donors (Lipinski definition) is 1. The second-order valence-corrected chi connectivity index (χ2v) is 8.00. The van der Waals surface area contributed by atoms with Crippen molar-refractivity contribution in [3.63, 3.8) is 0 Å². The number of nitrogens with zero attached hydrogens (tertiary/aromatic N) is 2. The number of rotatable bonds is 7. The molecule has 3 aromatic rings. The highest BCUT2D eigenvalue weighted by molar-refractivity contribution is 8.18. The van der Waals surface area contributed by atoms with Crippen LogP contribution in [0.4, 0.5) is 4.79 Å². The molecule has 1 aliphatic heterocycles. The Labute approximate surface area is 184 Å². The van der Waals surface area contributed by atoms with E-state index in [-0.39, 0.29) is 30.1 Å². The molecule has 2 aromatic carbocycles. The predicted octanol–water partition coefficient (Wildman–Crippen LogP) is 4.00. The first kappa shape index (κ1) is 20.7. The molecule has 1 fully saturated rings. The van der Waals surface area contributed by atoms with E-state index in [9.17, 15) is 14.4 Å². The lowest BCUT2D eigenvalue weighted by molar-refractivity contribution is -0.122. The number of imide groups is 1. The molecule has 1 N–H and O–H groups in total. The van der Waals surface area contributed by atoms with Crippen molar-refractivity contribution in [1.29, 1.82) is 0 Å². The lowest BCUT2D eigenvalue weighted by Crippen LogP contribution is -2.37. The van der Waals surface area contributed by atoms with E-state index in [0.29, 0.717) is 17.1 Å². The summed E-state index contributed by atoms with van der Waals surface area (Å²) in [6.45, 7) is 0.901. The van der Waals surface area contributed by atoms with E-state index >= 15 is 0 Å². The molecule has 0 unspecified atom stereocenters. The number of aromatic nitrogens is 1. The molecule has 0 spiro atoms. The first-order chi connectivity index (χ1) is 15.1. The van der Waals surface area contributed by atoms with E-state index in [4.69, 9.17) is 0 Å². The van der Waals surface area contributed by atoms with Gasteiger partial charge in [-0.15, -0.1) is 0 Å². The van der Waals surface area contributed by atoms with Crippen molar-refractivity contribution in [3.05, 3.63) is 101 Å². The number of hydrogen-bond acceptors (Lipinski definition) is 4. The molecular formula is C24H21N3O3S. The molecule has 0 atom stereocenters. The van der Waals surface area contributed by atoms with Crippen LogP contribution < -0.4 is 5.32 Å². The molecule has 0 radical (unpaired) electrons. The topological polar surface area (TPSA) is 71.4 Å². The molecule has 2 heterocycles. The molecule has 31 heavy (non-hydrogen) atoms. The van der Waals surface area contributed by atoms with Gasteiger partial charge >= 0.3 is 0 Å². The van der Waals surface area contributed by atoms with Crippen LogP contribution in [-0.2, 0) is 11.3 Å². The quantitative estimate of drug-likeness (QED) is 0.574. The fraction of sp³-hybridized carbons (Fsp3) is 0.125. The van der Waals surface area contributed by atoms with E-state index in [0.717, 1.165) is 22.9 Å². The van der Waals surface area contributed by atoms with Gasteiger partial charge in [-0.25, -0.2) is 0 Å². The summed E-state index contributed by atoms with van der Waals surface area (Å²) in [6.07, 6.45) is 3.56. The van der Waals surface area contributed by atoms with E-state index in [1.54, 1.807) is 12.1 Å². The Morgan fingerprint density at radius 1 is 0.935 bits per heavy atom. The molecule has 156 valence electrons. The molecule has 6 nitrogen and oxygen atoms in total. The summed E-state index contributed by atoms with van der Waals surface area (Å²) in [5.41, 5.74) is 2.48. The zero-order valence-electron chi connectivity index (χ0n) is 16.7. The molecule has 1 saturated heterocycles. The van der Waals surface area contributed by atoms with Crippen LogP contribution in [0.2, 0.25) is 0 Å². The Morgan fingerprint density at radius 3 is 2.39 bits per heavy atom. The fourth-order valence-electron chi connectivity index (χ4n) is 3.30. The third-order valence-electron chi connectivity index (χ3n) is 4.85. The van der Waals surface area contributed by atoms with Gasteiger partial charge in [0.15, 0.2) is 0 Å². The second kappa shape index (κ2) is 9.49. The first-order valence-electron chi connectivity index (χ1n) is 9.89. The minimum atomic E-state index is -0.333. The van der Waals surface area contributed by atoms with E-state index in [1.807, 2.05) is 77.5 Å². The zero-order chi connectivity index (χ0) is 21.6. The van der Waals surface area contributed by atoms with Gasteiger partial charge in [-0.2, -0.15) is 0 Å². The summed E-state index contributed by atoms with van der Waals surface area (Å²) in [7, 11) is 0. The molecule has 0 bridgehead atoms. The smallest absolute Gasteiger partial charge is 0.293 e. The van der Waals surface area contributed by atoms with Gasteiger partial charge in [-0.3, -0.25) is 19.3 Å². The van der Waals surface area contributed by atoms with Crippen molar-refractivity contribution < 1.29 is 14.4 Å². The number of nitrogens with one attached hydrogen (secondary N) is 1. The van der Waals surface area contributed by atoms with Crippen LogP contribution in [0.25, 0.3) is 6.08 Å². The first-order valence-corrected chi connectivity index (χ1v) is 10.7. The van der Waals surface area contributed by atoms with Crippen LogP contribution in [-0.4, -0.2) is 39.6 Å². The van der Waals surface area contributed by atoms with Gasteiger partial charge in [0.2, 0.25) is 0 Å². The van der Waals surface area contributed by atoms with Crippen LogP contribution in [0.3, 0.4) is 0 Å². The maximum Gasteiger partial charge on any atom is 0.293 e. The van der Waals surface area contributed by atoms with Gasteiger partial charge in [-0.05, 0) is 41.1 Å². The minimum Gasteiger partial charge on any atom is -0.349 e. The van der Waals surface area contributed by atoms with E-state index < -0.39 is 0 Å². The van der Waals surface area contributed by atoms with Gasteiger partial charge < -0.3 is 9.88 Å². The molecule has 7 heteroatoms. The van der Waals surface area contributed by atoms with E-state index in [1.165, 1.54) is 4.90 Å². The van der Waals surface area contributed by atoms with Crippen LogP contribution in [0.1, 0.15) is 21.6 Å². The van der Waals surface area contributed by atoms with Crippen molar-refractivity contribution >= 4 is 34.9 Å². The van der Waals surface area contributed by atoms with E-state index in [2.05, 4.69) is 5.32 Å². The summed E-state index contributed by atoms with van der Waals surface area (Å²) in [6, 6.07) is 22.8. The SMILES string of the molecule is O=C(NCCN1C(=O)SC(=Cc2ccccc2)C1=O)c1cccn1Cc1ccccc1. The molecule has 0 aliphatic carbocycles. The Balaban J connectivity index is 1.34. The Bertz CT molecular complexity index is 1120. The molecule has 1 aliphatic rings. The maximum absolute atomic E-state index is 12.6. The van der Waals surface area contributed by atoms with Crippen LogP contribution >= 0.6 is 11.8 Å². The maximum atomic E-state index is 12.6. The predicted molar refractivity (Wildman–Crippen MR) is 121 cm³/mol. The highest BCUT2D eigenvalue weighted by Gasteiger charge is 2.34. The summed E-state index contributed by atoms with van der Waals surface area (Å²) >= 11 is 0.919. The fourth-order valence-corrected chi connectivity index (χ4v) is 4.17. The van der Waals surface area contributed by atoms with Crippen molar-refractivity contribution in [2.75, 3.05) is 13.1 Å². The average molecular weight is 432 g/mol.